The molecule has 1 heterocycles. The number of likely N-dealkylation sites (N-methyl/N-ethyl adjacent to an activating group) is 1. The molecule has 9 heteroatoms. The van der Waals surface area contributed by atoms with Gasteiger partial charge in [0, 0.05) is 23.1 Å². The molecule has 0 N–H and O–H groups in total. The van der Waals surface area contributed by atoms with E-state index < -0.39 is 0 Å². The van der Waals surface area contributed by atoms with Crippen LogP contribution in [0.5, 0.6) is 28.7 Å². The average molecular weight is 545 g/mol. The fourth-order valence-corrected chi connectivity index (χ4v) is 5.59. The van der Waals surface area contributed by atoms with Crippen molar-refractivity contribution in [3.8, 4) is 40.0 Å². The number of carbonyl (C=O) groups is 1. The Hall–Kier alpha value is -4.50. The van der Waals surface area contributed by atoms with Crippen molar-refractivity contribution in [2.24, 2.45) is 0 Å². The summed E-state index contributed by atoms with van der Waals surface area (Å²) in [6, 6.07) is 14.3. The van der Waals surface area contributed by atoms with Crippen molar-refractivity contribution in [2.75, 3.05) is 49.6 Å². The van der Waals surface area contributed by atoms with Crippen LogP contribution in [0.15, 0.2) is 53.3 Å². The number of hydrogen-bond acceptors (Lipinski definition) is 8. The molecule has 1 unspecified atom stereocenters. The number of fused-ring (bicyclic) bond motifs is 5. The summed E-state index contributed by atoms with van der Waals surface area (Å²) in [5.41, 5.74) is 2.90. The van der Waals surface area contributed by atoms with Crippen LogP contribution in [0.25, 0.3) is 22.0 Å². The SMILES string of the molecule is COc1cc(C(Cn2c3c(c4ccc(OC)c(OC)c4c2=O)C(=O)c2ccccc2-3)N(C)C)cc(OC)c1OC. The summed E-state index contributed by atoms with van der Waals surface area (Å²) >= 11 is 0. The molecular weight excluding hydrogens is 512 g/mol. The van der Waals surface area contributed by atoms with Gasteiger partial charge in [-0.3, -0.25) is 9.59 Å². The van der Waals surface area contributed by atoms with Gasteiger partial charge in [0.1, 0.15) is 0 Å². The summed E-state index contributed by atoms with van der Waals surface area (Å²) in [6.07, 6.45) is 0. The molecule has 40 heavy (non-hydrogen) atoms. The predicted molar refractivity (Wildman–Crippen MR) is 153 cm³/mol. The summed E-state index contributed by atoms with van der Waals surface area (Å²) in [6.45, 7) is 0.227. The Morgan fingerprint density at radius 2 is 1.35 bits per heavy atom. The van der Waals surface area contributed by atoms with Crippen LogP contribution < -0.4 is 29.2 Å². The molecule has 1 aliphatic rings. The molecule has 1 aromatic heterocycles. The van der Waals surface area contributed by atoms with Crippen molar-refractivity contribution < 1.29 is 28.5 Å². The lowest BCUT2D eigenvalue weighted by atomic mass is 10.00. The highest BCUT2D eigenvalue weighted by Crippen LogP contribution is 2.45. The van der Waals surface area contributed by atoms with Crippen molar-refractivity contribution in [3.05, 3.63) is 75.6 Å². The molecule has 208 valence electrons. The van der Waals surface area contributed by atoms with E-state index in [2.05, 4.69) is 0 Å². The molecule has 0 aliphatic heterocycles. The van der Waals surface area contributed by atoms with Crippen LogP contribution in [0.4, 0.5) is 0 Å². The lowest BCUT2D eigenvalue weighted by Crippen LogP contribution is -2.31. The average Bonchev–Trinajstić information content (AvgIpc) is 3.27. The third kappa shape index (κ3) is 4.05. The van der Waals surface area contributed by atoms with Gasteiger partial charge in [0.2, 0.25) is 5.75 Å². The van der Waals surface area contributed by atoms with Crippen molar-refractivity contribution in [1.82, 2.24) is 9.47 Å². The quantitative estimate of drug-likeness (QED) is 0.267. The van der Waals surface area contributed by atoms with Crippen molar-refractivity contribution in [3.63, 3.8) is 0 Å². The number of methoxy groups -OCH3 is 5. The zero-order valence-corrected chi connectivity index (χ0v) is 23.7. The van der Waals surface area contributed by atoms with Gasteiger partial charge in [0.15, 0.2) is 28.8 Å². The number of ether oxygens (including phenoxy) is 5. The van der Waals surface area contributed by atoms with E-state index in [0.717, 1.165) is 11.1 Å². The first-order chi connectivity index (χ1) is 19.3. The van der Waals surface area contributed by atoms with E-state index in [9.17, 15) is 9.59 Å². The number of pyridine rings is 1. The topological polar surface area (TPSA) is 88.5 Å². The van der Waals surface area contributed by atoms with Gasteiger partial charge < -0.3 is 33.2 Å². The molecule has 0 radical (unpaired) electrons. The van der Waals surface area contributed by atoms with Crippen molar-refractivity contribution in [2.45, 2.75) is 12.6 Å². The predicted octanol–water partition coefficient (Wildman–Crippen LogP) is 4.56. The highest BCUT2D eigenvalue weighted by atomic mass is 16.5. The van der Waals surface area contributed by atoms with Crippen LogP contribution in [0.2, 0.25) is 0 Å². The normalized spacial score (nSPS) is 12.8. The lowest BCUT2D eigenvalue weighted by Gasteiger charge is -2.28. The van der Waals surface area contributed by atoms with Crippen LogP contribution in [0.1, 0.15) is 27.5 Å². The molecular formula is C31H32N2O7. The summed E-state index contributed by atoms with van der Waals surface area (Å²) in [5, 5.41) is 0.827. The van der Waals surface area contributed by atoms with Crippen molar-refractivity contribution >= 4 is 16.6 Å². The molecule has 0 bridgehead atoms. The summed E-state index contributed by atoms with van der Waals surface area (Å²) in [5.74, 6) is 2.06. The zero-order chi connectivity index (χ0) is 28.7. The van der Waals surface area contributed by atoms with Gasteiger partial charge in [-0.2, -0.15) is 0 Å². The molecule has 1 atom stereocenters. The van der Waals surface area contributed by atoms with E-state index in [4.69, 9.17) is 23.7 Å². The summed E-state index contributed by atoms with van der Waals surface area (Å²) in [7, 11) is 11.6. The Bertz CT molecular complexity index is 1660. The van der Waals surface area contributed by atoms with E-state index in [1.165, 1.54) is 14.2 Å². The highest BCUT2D eigenvalue weighted by Gasteiger charge is 2.35. The number of benzene rings is 3. The van der Waals surface area contributed by atoms with Crippen LogP contribution in [-0.4, -0.2) is 64.9 Å². The Morgan fingerprint density at radius 3 is 1.90 bits per heavy atom. The van der Waals surface area contributed by atoms with Crippen molar-refractivity contribution in [1.29, 1.82) is 0 Å². The van der Waals surface area contributed by atoms with E-state index in [0.29, 0.717) is 56.3 Å². The van der Waals surface area contributed by atoms with Gasteiger partial charge in [-0.05, 0) is 43.9 Å². The van der Waals surface area contributed by atoms with Gasteiger partial charge in [-0.15, -0.1) is 0 Å². The number of ketones is 1. The standard InChI is InChI=1S/C31H32N2O7/c1-32(2)21(17-14-23(37-4)29(39-6)24(15-17)38-5)16-33-27-18-10-8-9-11-19(18)28(34)25(27)20-12-13-22(36-3)30(40-7)26(20)31(33)35/h8-15,21H,16H2,1-7H3. The molecule has 0 saturated heterocycles. The summed E-state index contributed by atoms with van der Waals surface area (Å²) < 4.78 is 29.6. The van der Waals surface area contributed by atoms with Gasteiger partial charge in [-0.25, -0.2) is 0 Å². The number of rotatable bonds is 9. The first-order valence-electron chi connectivity index (χ1n) is 12.7. The van der Waals surface area contributed by atoms with E-state index in [-0.39, 0.29) is 23.9 Å². The maximum atomic E-state index is 14.4. The molecule has 3 aromatic carbocycles. The highest BCUT2D eigenvalue weighted by molar-refractivity contribution is 6.27. The number of hydrogen-bond donors (Lipinski definition) is 0. The molecule has 9 nitrogen and oxygen atoms in total. The largest absolute Gasteiger partial charge is 0.493 e. The Balaban J connectivity index is 1.83. The number of aromatic nitrogens is 1. The lowest BCUT2D eigenvalue weighted by molar-refractivity contribution is 0.104. The monoisotopic (exact) mass is 544 g/mol. The van der Waals surface area contributed by atoms with E-state index in [1.807, 2.05) is 49.3 Å². The van der Waals surface area contributed by atoms with E-state index >= 15 is 0 Å². The maximum absolute atomic E-state index is 14.4. The Morgan fingerprint density at radius 1 is 0.750 bits per heavy atom. The van der Waals surface area contributed by atoms with Gasteiger partial charge in [0.05, 0.1) is 58.2 Å². The molecule has 0 spiro atoms. The second kappa shape index (κ2) is 10.6. The molecule has 0 amide bonds. The number of nitrogens with zero attached hydrogens (tertiary/aromatic N) is 2. The Kier molecular flexibility index (Phi) is 7.16. The minimum Gasteiger partial charge on any atom is -0.493 e. The summed E-state index contributed by atoms with van der Waals surface area (Å²) in [4.78, 5) is 30.2. The minimum atomic E-state index is -0.313. The fraction of sp³-hybridized carbons (Fsp3) is 0.290. The maximum Gasteiger partial charge on any atom is 0.262 e. The van der Waals surface area contributed by atoms with Crippen LogP contribution in [0.3, 0.4) is 0 Å². The first kappa shape index (κ1) is 27.1. The number of carbonyl (C=O) groups excluding carboxylic acids is 1. The second-order valence-corrected chi connectivity index (χ2v) is 9.68. The second-order valence-electron chi connectivity index (χ2n) is 9.68. The van der Waals surface area contributed by atoms with Gasteiger partial charge in [0.25, 0.3) is 5.56 Å². The smallest absolute Gasteiger partial charge is 0.262 e. The molecule has 0 fully saturated rings. The third-order valence-corrected chi connectivity index (χ3v) is 7.49. The van der Waals surface area contributed by atoms with Crippen LogP contribution >= 0.6 is 0 Å². The van der Waals surface area contributed by atoms with Gasteiger partial charge >= 0.3 is 0 Å². The van der Waals surface area contributed by atoms with Gasteiger partial charge in [-0.1, -0.05) is 24.3 Å². The minimum absolute atomic E-state index is 0.134. The Labute approximate surface area is 232 Å². The van der Waals surface area contributed by atoms with Crippen LogP contribution in [-0.2, 0) is 6.54 Å². The fourth-order valence-electron chi connectivity index (χ4n) is 5.59. The molecule has 4 aromatic rings. The molecule has 5 rings (SSSR count). The molecule has 1 aliphatic carbocycles. The first-order valence-corrected chi connectivity index (χ1v) is 12.7. The zero-order valence-electron chi connectivity index (χ0n) is 23.7. The van der Waals surface area contributed by atoms with E-state index in [1.54, 1.807) is 44.1 Å². The molecule has 0 saturated carbocycles. The third-order valence-electron chi connectivity index (χ3n) is 7.49. The van der Waals surface area contributed by atoms with Crippen LogP contribution in [0, 0.1) is 0 Å².